The molecule has 0 aliphatic heterocycles. The van der Waals surface area contributed by atoms with E-state index in [4.69, 9.17) is 0 Å². The molecule has 5 nitrogen and oxygen atoms in total. The van der Waals surface area contributed by atoms with E-state index < -0.39 is 9.84 Å². The van der Waals surface area contributed by atoms with Gasteiger partial charge in [0.15, 0.2) is 9.84 Å². The number of carbonyl (C=O) groups excluding carboxylic acids is 1. The number of carbonyl (C=O) groups is 1. The summed E-state index contributed by atoms with van der Waals surface area (Å²) in [6, 6.07) is 6.01. The highest BCUT2D eigenvalue weighted by Gasteiger charge is 2.15. The third-order valence-corrected chi connectivity index (χ3v) is 4.62. The van der Waals surface area contributed by atoms with Crippen molar-refractivity contribution in [2.45, 2.75) is 24.2 Å². The van der Waals surface area contributed by atoms with Crippen molar-refractivity contribution in [3.05, 3.63) is 36.4 Å². The molecule has 0 unspecified atom stereocenters. The van der Waals surface area contributed by atoms with Gasteiger partial charge in [-0.1, -0.05) is 24.3 Å². The Balaban J connectivity index is 1.95. The average molecular weight is 308 g/mol. The van der Waals surface area contributed by atoms with Crippen LogP contribution in [0.1, 0.15) is 19.3 Å². The van der Waals surface area contributed by atoms with E-state index >= 15 is 0 Å². The quantitative estimate of drug-likeness (QED) is 0.839. The molecule has 114 valence electrons. The van der Waals surface area contributed by atoms with Crippen LogP contribution in [-0.4, -0.2) is 27.2 Å². The van der Waals surface area contributed by atoms with Crippen molar-refractivity contribution in [1.29, 1.82) is 0 Å². The van der Waals surface area contributed by atoms with Crippen molar-refractivity contribution in [3.8, 4) is 0 Å². The van der Waals surface area contributed by atoms with Gasteiger partial charge in [-0.2, -0.15) is 0 Å². The van der Waals surface area contributed by atoms with Crippen LogP contribution in [0, 0.1) is 5.92 Å². The minimum absolute atomic E-state index is 0.126. The van der Waals surface area contributed by atoms with Gasteiger partial charge in [0.05, 0.1) is 10.6 Å². The molecule has 0 spiro atoms. The van der Waals surface area contributed by atoms with Gasteiger partial charge in [0, 0.05) is 12.8 Å². The number of hydrogen-bond acceptors (Lipinski definition) is 3. The first-order valence-electron chi connectivity index (χ1n) is 6.96. The first kappa shape index (κ1) is 15.6. The predicted molar refractivity (Wildman–Crippen MR) is 83.1 cm³/mol. The van der Waals surface area contributed by atoms with Crippen LogP contribution in [0.4, 0.5) is 10.5 Å². The average Bonchev–Trinajstić information content (AvgIpc) is 2.46. The second kappa shape index (κ2) is 6.76. The molecule has 21 heavy (non-hydrogen) atoms. The number of hydrogen-bond donors (Lipinski definition) is 2. The normalized spacial score (nSPS) is 18.2. The fourth-order valence-electron chi connectivity index (χ4n) is 2.34. The summed E-state index contributed by atoms with van der Waals surface area (Å²) in [6.07, 6.45) is 8.49. The maximum Gasteiger partial charge on any atom is 0.319 e. The zero-order chi connectivity index (χ0) is 15.3. The Morgan fingerprint density at radius 1 is 1.29 bits per heavy atom. The predicted octanol–water partition coefficient (Wildman–Crippen LogP) is 2.57. The van der Waals surface area contributed by atoms with Crippen LogP contribution in [0.15, 0.2) is 41.3 Å². The molecule has 0 radical (unpaired) electrons. The highest BCUT2D eigenvalue weighted by molar-refractivity contribution is 7.90. The molecule has 1 aromatic rings. The highest BCUT2D eigenvalue weighted by Crippen LogP contribution is 2.20. The van der Waals surface area contributed by atoms with Gasteiger partial charge in [-0.15, -0.1) is 0 Å². The molecule has 2 N–H and O–H groups in total. The summed E-state index contributed by atoms with van der Waals surface area (Å²) in [5, 5.41) is 5.41. The summed E-state index contributed by atoms with van der Waals surface area (Å²) in [6.45, 7) is 0.594. The summed E-state index contributed by atoms with van der Waals surface area (Å²) >= 11 is 0. The molecule has 2 rings (SSSR count). The zero-order valence-electron chi connectivity index (χ0n) is 12.0. The summed E-state index contributed by atoms with van der Waals surface area (Å²) in [5.74, 6) is 0.450. The molecule has 1 aliphatic rings. The largest absolute Gasteiger partial charge is 0.338 e. The Bertz CT molecular complexity index is 638. The van der Waals surface area contributed by atoms with E-state index in [2.05, 4.69) is 22.8 Å². The summed E-state index contributed by atoms with van der Waals surface area (Å²) < 4.78 is 23.3. The summed E-state index contributed by atoms with van der Waals surface area (Å²) in [7, 11) is -3.37. The van der Waals surface area contributed by atoms with Crippen LogP contribution in [0.5, 0.6) is 0 Å². The topological polar surface area (TPSA) is 75.3 Å². The van der Waals surface area contributed by atoms with Crippen LogP contribution in [-0.2, 0) is 9.84 Å². The second-order valence-electron chi connectivity index (χ2n) is 5.25. The zero-order valence-corrected chi connectivity index (χ0v) is 12.8. The van der Waals surface area contributed by atoms with Gasteiger partial charge >= 0.3 is 6.03 Å². The Hall–Kier alpha value is -1.82. The van der Waals surface area contributed by atoms with Gasteiger partial charge in [0.2, 0.25) is 0 Å². The van der Waals surface area contributed by atoms with Crippen molar-refractivity contribution in [2.75, 3.05) is 18.1 Å². The Kier molecular flexibility index (Phi) is 5.01. The van der Waals surface area contributed by atoms with Crippen LogP contribution in [0.25, 0.3) is 0 Å². The van der Waals surface area contributed by atoms with Crippen LogP contribution in [0.3, 0.4) is 0 Å². The Morgan fingerprint density at radius 2 is 2.05 bits per heavy atom. The fourth-order valence-corrected chi connectivity index (χ4v) is 3.18. The maximum atomic E-state index is 11.9. The SMILES string of the molecule is CS(=O)(=O)c1ccccc1NC(=O)NC[C@@H]1CC=CCC1. The minimum atomic E-state index is -3.37. The van der Waals surface area contributed by atoms with Crippen LogP contribution < -0.4 is 10.6 Å². The highest BCUT2D eigenvalue weighted by atomic mass is 32.2. The van der Waals surface area contributed by atoms with Gasteiger partial charge in [-0.05, 0) is 37.3 Å². The Morgan fingerprint density at radius 3 is 2.71 bits per heavy atom. The van der Waals surface area contributed by atoms with Gasteiger partial charge in [-0.25, -0.2) is 13.2 Å². The monoisotopic (exact) mass is 308 g/mol. The second-order valence-corrected chi connectivity index (χ2v) is 7.24. The number of benzene rings is 1. The van der Waals surface area contributed by atoms with E-state index in [0.717, 1.165) is 25.5 Å². The lowest BCUT2D eigenvalue weighted by molar-refractivity contribution is 0.249. The molecule has 6 heteroatoms. The lowest BCUT2D eigenvalue weighted by Crippen LogP contribution is -2.33. The molecular formula is C15H20N2O3S. The third kappa shape index (κ3) is 4.60. The van der Waals surface area contributed by atoms with Crippen molar-refractivity contribution in [3.63, 3.8) is 0 Å². The maximum absolute atomic E-state index is 11.9. The molecule has 0 heterocycles. The number of nitrogens with one attached hydrogen (secondary N) is 2. The van der Waals surface area contributed by atoms with E-state index in [9.17, 15) is 13.2 Å². The minimum Gasteiger partial charge on any atom is -0.338 e. The van der Waals surface area contributed by atoms with Crippen LogP contribution >= 0.6 is 0 Å². The molecule has 2 amide bonds. The first-order valence-corrected chi connectivity index (χ1v) is 8.85. The van der Waals surface area contributed by atoms with Gasteiger partial charge < -0.3 is 10.6 Å². The molecule has 0 saturated heterocycles. The van der Waals surface area contributed by atoms with Crippen molar-refractivity contribution >= 4 is 21.6 Å². The van der Waals surface area contributed by atoms with Crippen molar-refractivity contribution < 1.29 is 13.2 Å². The standard InChI is InChI=1S/C15H20N2O3S/c1-21(19,20)14-10-6-5-9-13(14)17-15(18)16-11-12-7-3-2-4-8-12/h2-3,5-6,9-10,12H,4,7-8,11H2,1H3,(H2,16,17,18)/t12-/m1/s1. The Labute approximate surface area is 125 Å². The summed E-state index contributed by atoms with van der Waals surface area (Å²) in [5.41, 5.74) is 0.307. The molecule has 0 bridgehead atoms. The van der Waals surface area contributed by atoms with E-state index in [1.54, 1.807) is 18.2 Å². The van der Waals surface area contributed by atoms with Gasteiger partial charge in [0.25, 0.3) is 0 Å². The van der Waals surface area contributed by atoms with Gasteiger partial charge in [0.1, 0.15) is 0 Å². The number of anilines is 1. The van der Waals surface area contributed by atoms with Crippen molar-refractivity contribution in [2.24, 2.45) is 5.92 Å². The molecule has 0 saturated carbocycles. The lowest BCUT2D eigenvalue weighted by atomic mass is 9.94. The van der Waals surface area contributed by atoms with E-state index in [0.29, 0.717) is 18.2 Å². The molecule has 0 aromatic heterocycles. The number of para-hydroxylation sites is 1. The molecular weight excluding hydrogens is 288 g/mol. The first-order chi connectivity index (χ1) is 9.97. The fraction of sp³-hybridized carbons (Fsp3) is 0.400. The number of amides is 2. The van der Waals surface area contributed by atoms with E-state index in [-0.39, 0.29) is 10.9 Å². The molecule has 1 aliphatic carbocycles. The number of allylic oxidation sites excluding steroid dienone is 2. The molecule has 0 fully saturated rings. The smallest absolute Gasteiger partial charge is 0.319 e. The molecule has 1 atom stereocenters. The lowest BCUT2D eigenvalue weighted by Gasteiger charge is -2.18. The van der Waals surface area contributed by atoms with Crippen molar-refractivity contribution in [1.82, 2.24) is 5.32 Å². The summed E-state index contributed by atoms with van der Waals surface area (Å²) in [4.78, 5) is 12.0. The number of urea groups is 1. The molecule has 1 aromatic carbocycles. The third-order valence-electron chi connectivity index (χ3n) is 3.46. The van der Waals surface area contributed by atoms with Gasteiger partial charge in [-0.3, -0.25) is 0 Å². The number of sulfone groups is 1. The van der Waals surface area contributed by atoms with E-state index in [1.165, 1.54) is 6.07 Å². The van der Waals surface area contributed by atoms with E-state index in [1.807, 2.05) is 0 Å². The number of rotatable bonds is 4. The van der Waals surface area contributed by atoms with Crippen LogP contribution in [0.2, 0.25) is 0 Å².